The van der Waals surface area contributed by atoms with E-state index in [0.29, 0.717) is 30.8 Å². The number of fused-ring (bicyclic) bond motifs is 1. The fourth-order valence-electron chi connectivity index (χ4n) is 4.09. The molecule has 3 rings (SSSR count). The Kier molecular flexibility index (Phi) is 10.5. The highest BCUT2D eigenvalue weighted by Gasteiger charge is 2.38. The molecule has 0 spiro atoms. The normalized spacial score (nSPS) is 17.5. The number of aliphatic hydroxyl groups is 1. The van der Waals surface area contributed by atoms with Gasteiger partial charge in [0.25, 0.3) is 0 Å². The molecule has 9 nitrogen and oxygen atoms in total. The summed E-state index contributed by atoms with van der Waals surface area (Å²) >= 11 is 0. The van der Waals surface area contributed by atoms with Gasteiger partial charge < -0.3 is 29.4 Å². The van der Waals surface area contributed by atoms with Crippen molar-refractivity contribution in [3.05, 3.63) is 65.2 Å². The zero-order valence-corrected chi connectivity index (χ0v) is 23.2. The molecule has 2 aromatic rings. The molecule has 39 heavy (non-hydrogen) atoms. The Hall–Kier alpha value is -3.43. The maximum absolute atomic E-state index is 13.0. The quantitative estimate of drug-likeness (QED) is 0.296. The van der Waals surface area contributed by atoms with Gasteiger partial charge in [-0.15, -0.1) is 0 Å². The average molecular weight is 542 g/mol. The molecule has 0 saturated carbocycles. The minimum Gasteiger partial charge on any atom is -0.464 e. The van der Waals surface area contributed by atoms with Crippen LogP contribution in [0.3, 0.4) is 0 Å². The SMILES string of the molecule is CCOC(=O)[C@H](Cc1ccc2c(c1)C(=O)CC(O)(CCCOCc1ccccc1)O2)NC(=O)OCC(C)(C)C. The second kappa shape index (κ2) is 13.6. The first-order valence-electron chi connectivity index (χ1n) is 13.3. The van der Waals surface area contributed by atoms with Gasteiger partial charge in [-0.3, -0.25) is 4.79 Å². The number of hydrogen-bond acceptors (Lipinski definition) is 8. The number of Topliss-reactive ketones (excluding diaryl/α,β-unsaturated/α-hetero) is 1. The van der Waals surface area contributed by atoms with Crippen LogP contribution in [0.2, 0.25) is 0 Å². The molecular weight excluding hydrogens is 502 g/mol. The van der Waals surface area contributed by atoms with E-state index in [2.05, 4.69) is 5.32 Å². The van der Waals surface area contributed by atoms with E-state index in [1.807, 2.05) is 51.1 Å². The number of amides is 1. The predicted octanol–water partition coefficient (Wildman–Crippen LogP) is 4.58. The lowest BCUT2D eigenvalue weighted by atomic mass is 9.93. The van der Waals surface area contributed by atoms with Gasteiger partial charge in [-0.1, -0.05) is 57.2 Å². The molecule has 0 saturated heterocycles. The monoisotopic (exact) mass is 541 g/mol. The highest BCUT2D eigenvalue weighted by molar-refractivity contribution is 6.00. The van der Waals surface area contributed by atoms with Crippen molar-refractivity contribution in [1.29, 1.82) is 0 Å². The third-order valence-corrected chi connectivity index (χ3v) is 5.99. The van der Waals surface area contributed by atoms with E-state index in [4.69, 9.17) is 18.9 Å². The molecule has 2 atom stereocenters. The molecule has 0 aromatic heterocycles. The number of carbonyl (C=O) groups is 3. The minimum absolute atomic E-state index is 0.0903. The van der Waals surface area contributed by atoms with Crippen LogP contribution in [0.25, 0.3) is 0 Å². The first-order valence-corrected chi connectivity index (χ1v) is 13.3. The topological polar surface area (TPSA) is 120 Å². The Labute approximate surface area is 229 Å². The molecule has 2 aromatic carbocycles. The van der Waals surface area contributed by atoms with E-state index in [0.717, 1.165) is 5.56 Å². The highest BCUT2D eigenvalue weighted by Crippen LogP contribution is 2.35. The van der Waals surface area contributed by atoms with Gasteiger partial charge in [0, 0.05) is 19.4 Å². The van der Waals surface area contributed by atoms with Crippen molar-refractivity contribution in [2.75, 3.05) is 19.8 Å². The van der Waals surface area contributed by atoms with Gasteiger partial charge in [0.2, 0.25) is 5.79 Å². The lowest BCUT2D eigenvalue weighted by Gasteiger charge is -2.33. The molecule has 0 aliphatic carbocycles. The second-order valence-electron chi connectivity index (χ2n) is 10.9. The Balaban J connectivity index is 1.59. The molecule has 1 aliphatic rings. The summed E-state index contributed by atoms with van der Waals surface area (Å²) in [5.74, 6) is -2.22. The summed E-state index contributed by atoms with van der Waals surface area (Å²) in [5.41, 5.74) is 1.77. The number of carbonyl (C=O) groups excluding carboxylic acids is 3. The average Bonchev–Trinajstić information content (AvgIpc) is 2.87. The Morgan fingerprint density at radius 3 is 2.54 bits per heavy atom. The van der Waals surface area contributed by atoms with Crippen molar-refractivity contribution in [2.45, 2.75) is 71.8 Å². The summed E-state index contributed by atoms with van der Waals surface area (Å²) in [4.78, 5) is 37.8. The van der Waals surface area contributed by atoms with Gasteiger partial charge in [0.05, 0.1) is 31.8 Å². The molecule has 0 fully saturated rings. The third kappa shape index (κ3) is 9.67. The number of ether oxygens (including phenoxy) is 4. The van der Waals surface area contributed by atoms with Gasteiger partial charge >= 0.3 is 12.1 Å². The zero-order chi connectivity index (χ0) is 28.5. The van der Waals surface area contributed by atoms with Crippen molar-refractivity contribution < 1.29 is 38.4 Å². The third-order valence-electron chi connectivity index (χ3n) is 5.99. The van der Waals surface area contributed by atoms with Crippen molar-refractivity contribution in [1.82, 2.24) is 5.32 Å². The first kappa shape index (κ1) is 30.1. The second-order valence-corrected chi connectivity index (χ2v) is 10.9. The molecule has 0 radical (unpaired) electrons. The fraction of sp³-hybridized carbons (Fsp3) is 0.500. The van der Waals surface area contributed by atoms with E-state index >= 15 is 0 Å². The highest BCUT2D eigenvalue weighted by atomic mass is 16.6. The Morgan fingerprint density at radius 2 is 1.85 bits per heavy atom. The number of alkyl carbamates (subject to hydrolysis) is 1. The van der Waals surface area contributed by atoms with Crippen LogP contribution < -0.4 is 10.1 Å². The lowest BCUT2D eigenvalue weighted by Crippen LogP contribution is -2.44. The van der Waals surface area contributed by atoms with Gasteiger partial charge in [-0.05, 0) is 42.0 Å². The summed E-state index contributed by atoms with van der Waals surface area (Å²) in [6.45, 7) is 8.68. The maximum atomic E-state index is 13.0. The summed E-state index contributed by atoms with van der Waals surface area (Å²) in [6, 6.07) is 13.7. The van der Waals surface area contributed by atoms with Crippen LogP contribution in [0, 0.1) is 5.41 Å². The number of esters is 1. The standard InChI is InChI=1S/C30H39NO8/c1-5-37-27(33)24(31-28(34)38-20-29(2,3)4)17-22-12-13-26-23(16-22)25(32)18-30(35,39-26)14-9-15-36-19-21-10-7-6-8-11-21/h6-8,10-13,16,24,35H,5,9,14-15,17-20H2,1-4H3,(H,31,34)/t24-,30?/m0/s1. The van der Waals surface area contributed by atoms with Crippen LogP contribution in [-0.4, -0.2) is 54.6 Å². The van der Waals surface area contributed by atoms with Gasteiger partial charge in [0.15, 0.2) is 5.78 Å². The molecule has 9 heteroatoms. The molecular formula is C30H39NO8. The number of hydrogen-bond donors (Lipinski definition) is 2. The van der Waals surface area contributed by atoms with Gasteiger partial charge in [-0.2, -0.15) is 0 Å². The van der Waals surface area contributed by atoms with Crippen LogP contribution in [0.15, 0.2) is 48.5 Å². The number of benzene rings is 2. The smallest absolute Gasteiger partial charge is 0.407 e. The summed E-state index contributed by atoms with van der Waals surface area (Å²) in [6.07, 6.45) is -0.0748. The number of rotatable bonds is 12. The van der Waals surface area contributed by atoms with Gasteiger partial charge in [-0.25, -0.2) is 9.59 Å². The van der Waals surface area contributed by atoms with E-state index in [-0.39, 0.29) is 49.4 Å². The van der Waals surface area contributed by atoms with E-state index in [1.165, 1.54) is 0 Å². The minimum atomic E-state index is -1.62. The lowest BCUT2D eigenvalue weighted by molar-refractivity contribution is -0.147. The van der Waals surface area contributed by atoms with E-state index in [9.17, 15) is 19.5 Å². The number of ketones is 1. The van der Waals surface area contributed by atoms with Crippen LogP contribution in [0.1, 0.15) is 68.4 Å². The van der Waals surface area contributed by atoms with Crippen molar-refractivity contribution in [2.24, 2.45) is 5.41 Å². The van der Waals surface area contributed by atoms with Crippen LogP contribution in [0.5, 0.6) is 5.75 Å². The maximum Gasteiger partial charge on any atom is 0.407 e. The Morgan fingerprint density at radius 1 is 1.10 bits per heavy atom. The van der Waals surface area contributed by atoms with Gasteiger partial charge in [0.1, 0.15) is 11.8 Å². The Bertz CT molecular complexity index is 1130. The molecule has 1 amide bonds. The molecule has 1 unspecified atom stereocenters. The molecule has 212 valence electrons. The fourth-order valence-corrected chi connectivity index (χ4v) is 4.09. The summed E-state index contributed by atoms with van der Waals surface area (Å²) in [5, 5.41) is 13.5. The van der Waals surface area contributed by atoms with Crippen LogP contribution in [-0.2, 0) is 32.0 Å². The van der Waals surface area contributed by atoms with Crippen molar-refractivity contribution in [3.63, 3.8) is 0 Å². The molecule has 0 bridgehead atoms. The van der Waals surface area contributed by atoms with Crippen molar-refractivity contribution in [3.8, 4) is 5.75 Å². The van der Waals surface area contributed by atoms with E-state index in [1.54, 1.807) is 25.1 Å². The first-order chi connectivity index (χ1) is 18.5. The molecule has 1 aliphatic heterocycles. The van der Waals surface area contributed by atoms with Crippen LogP contribution in [0.4, 0.5) is 4.79 Å². The summed E-state index contributed by atoms with van der Waals surface area (Å²) < 4.78 is 21.9. The van der Waals surface area contributed by atoms with E-state index < -0.39 is 23.9 Å². The molecule has 2 N–H and O–H groups in total. The molecule has 1 heterocycles. The zero-order valence-electron chi connectivity index (χ0n) is 23.2. The largest absolute Gasteiger partial charge is 0.464 e. The van der Waals surface area contributed by atoms with Crippen LogP contribution >= 0.6 is 0 Å². The number of nitrogens with one attached hydrogen (secondary N) is 1. The van der Waals surface area contributed by atoms with Crippen molar-refractivity contribution >= 4 is 17.8 Å². The summed E-state index contributed by atoms with van der Waals surface area (Å²) in [7, 11) is 0. The predicted molar refractivity (Wildman–Crippen MR) is 144 cm³/mol.